The van der Waals surface area contributed by atoms with E-state index >= 15 is 0 Å². The van der Waals surface area contributed by atoms with Crippen molar-refractivity contribution in [2.75, 3.05) is 0 Å². The Kier molecular flexibility index (Phi) is 2.98. The fourth-order valence-corrected chi connectivity index (χ4v) is 2.34. The molecule has 5 nitrogen and oxygen atoms in total. The second kappa shape index (κ2) is 4.66. The maximum atomic E-state index is 5.98. The van der Waals surface area contributed by atoms with Crippen LogP contribution in [0.25, 0.3) is 11.2 Å². The highest BCUT2D eigenvalue weighted by Gasteiger charge is 2.12. The van der Waals surface area contributed by atoms with Crippen molar-refractivity contribution in [3.05, 3.63) is 41.6 Å². The molecule has 0 saturated heterocycles. The van der Waals surface area contributed by atoms with E-state index in [2.05, 4.69) is 15.1 Å². The maximum absolute atomic E-state index is 5.98. The van der Waals surface area contributed by atoms with Crippen LogP contribution in [0.1, 0.15) is 17.1 Å². The third-order valence-electron chi connectivity index (χ3n) is 3.01. The molecule has 0 bridgehead atoms. The van der Waals surface area contributed by atoms with Gasteiger partial charge in [-0.25, -0.2) is 9.97 Å². The SMILES string of the molecule is Cc1cnc2c(c1)nc(CCl)n2Cc1ccn(C)n1. The summed E-state index contributed by atoms with van der Waals surface area (Å²) < 4.78 is 3.80. The first-order valence-corrected chi connectivity index (χ1v) is 6.57. The molecule has 0 aliphatic heterocycles. The summed E-state index contributed by atoms with van der Waals surface area (Å²) in [5, 5.41) is 4.38. The Bertz CT molecular complexity index is 728. The molecule has 6 heteroatoms. The molecule has 0 saturated carbocycles. The van der Waals surface area contributed by atoms with Crippen molar-refractivity contribution in [1.29, 1.82) is 0 Å². The standard InChI is InChI=1S/C13H14ClN5/c1-9-5-11-13(15-7-9)19(12(6-14)16-11)8-10-3-4-18(2)17-10/h3-5,7H,6,8H2,1-2H3. The summed E-state index contributed by atoms with van der Waals surface area (Å²) in [6.45, 7) is 2.64. The molecule has 0 fully saturated rings. The summed E-state index contributed by atoms with van der Waals surface area (Å²) in [6, 6.07) is 4.01. The van der Waals surface area contributed by atoms with Gasteiger partial charge in [0.05, 0.1) is 18.1 Å². The normalized spacial score (nSPS) is 11.3. The number of fused-ring (bicyclic) bond motifs is 1. The average Bonchev–Trinajstić information content (AvgIpc) is 2.94. The number of halogens is 1. The molecule has 3 aromatic heterocycles. The van der Waals surface area contributed by atoms with Gasteiger partial charge in [-0.2, -0.15) is 5.10 Å². The van der Waals surface area contributed by atoms with Crippen LogP contribution in [-0.2, 0) is 19.5 Å². The third-order valence-corrected chi connectivity index (χ3v) is 3.25. The smallest absolute Gasteiger partial charge is 0.160 e. The number of nitrogens with zero attached hydrogens (tertiary/aromatic N) is 5. The minimum Gasteiger partial charge on any atom is -0.306 e. The second-order valence-corrected chi connectivity index (χ2v) is 4.85. The quantitative estimate of drug-likeness (QED) is 0.689. The molecule has 19 heavy (non-hydrogen) atoms. The molecule has 98 valence electrons. The summed E-state index contributed by atoms with van der Waals surface area (Å²) >= 11 is 5.98. The zero-order valence-electron chi connectivity index (χ0n) is 10.8. The minimum absolute atomic E-state index is 0.363. The Morgan fingerprint density at radius 3 is 2.89 bits per heavy atom. The fourth-order valence-electron chi connectivity index (χ4n) is 2.14. The van der Waals surface area contributed by atoms with Gasteiger partial charge in [-0.3, -0.25) is 4.68 Å². The van der Waals surface area contributed by atoms with E-state index < -0.39 is 0 Å². The lowest BCUT2D eigenvalue weighted by Crippen LogP contribution is -2.05. The monoisotopic (exact) mass is 275 g/mol. The van der Waals surface area contributed by atoms with E-state index in [9.17, 15) is 0 Å². The highest BCUT2D eigenvalue weighted by atomic mass is 35.5. The van der Waals surface area contributed by atoms with Crippen LogP contribution in [0, 0.1) is 6.92 Å². The summed E-state index contributed by atoms with van der Waals surface area (Å²) in [6.07, 6.45) is 3.77. The minimum atomic E-state index is 0.363. The van der Waals surface area contributed by atoms with Crippen LogP contribution in [-0.4, -0.2) is 24.3 Å². The van der Waals surface area contributed by atoms with Gasteiger partial charge in [0.1, 0.15) is 11.3 Å². The zero-order chi connectivity index (χ0) is 13.4. The number of imidazole rings is 1. The van der Waals surface area contributed by atoms with Gasteiger partial charge >= 0.3 is 0 Å². The van der Waals surface area contributed by atoms with Crippen molar-refractivity contribution >= 4 is 22.8 Å². The van der Waals surface area contributed by atoms with E-state index in [1.165, 1.54) is 0 Å². The van der Waals surface area contributed by atoms with Crippen molar-refractivity contribution in [3.8, 4) is 0 Å². The number of alkyl halides is 1. The van der Waals surface area contributed by atoms with Crippen LogP contribution in [0.5, 0.6) is 0 Å². The highest BCUT2D eigenvalue weighted by Crippen LogP contribution is 2.18. The van der Waals surface area contributed by atoms with Crippen LogP contribution in [0.15, 0.2) is 24.5 Å². The molecule has 0 radical (unpaired) electrons. The van der Waals surface area contributed by atoms with E-state index in [0.29, 0.717) is 12.4 Å². The van der Waals surface area contributed by atoms with Crippen LogP contribution >= 0.6 is 11.6 Å². The van der Waals surface area contributed by atoms with Gasteiger partial charge in [-0.1, -0.05) is 0 Å². The van der Waals surface area contributed by atoms with Gasteiger partial charge in [0.2, 0.25) is 0 Å². The maximum Gasteiger partial charge on any atom is 0.160 e. The van der Waals surface area contributed by atoms with Crippen molar-refractivity contribution < 1.29 is 0 Å². The molecule has 0 aromatic carbocycles. The first kappa shape index (κ1) is 12.2. The van der Waals surface area contributed by atoms with E-state index in [0.717, 1.165) is 28.2 Å². The molecule has 3 heterocycles. The predicted molar refractivity (Wildman–Crippen MR) is 74.1 cm³/mol. The lowest BCUT2D eigenvalue weighted by atomic mass is 10.3. The lowest BCUT2D eigenvalue weighted by molar-refractivity contribution is 0.698. The fraction of sp³-hybridized carbons (Fsp3) is 0.308. The van der Waals surface area contributed by atoms with Crippen molar-refractivity contribution in [3.63, 3.8) is 0 Å². The van der Waals surface area contributed by atoms with E-state index in [1.807, 2.05) is 43.1 Å². The molecule has 0 aliphatic carbocycles. The highest BCUT2D eigenvalue weighted by molar-refractivity contribution is 6.16. The van der Waals surface area contributed by atoms with E-state index in [-0.39, 0.29) is 0 Å². The summed E-state index contributed by atoms with van der Waals surface area (Å²) in [4.78, 5) is 8.99. The molecule has 0 unspecified atom stereocenters. The summed E-state index contributed by atoms with van der Waals surface area (Å²) in [7, 11) is 1.90. The number of aromatic nitrogens is 5. The largest absolute Gasteiger partial charge is 0.306 e. The van der Waals surface area contributed by atoms with Gasteiger partial charge < -0.3 is 4.57 Å². The first-order chi connectivity index (χ1) is 9.17. The lowest BCUT2D eigenvalue weighted by Gasteiger charge is -2.04. The molecule has 0 N–H and O–H groups in total. The van der Waals surface area contributed by atoms with Gasteiger partial charge in [-0.05, 0) is 24.6 Å². The number of pyridine rings is 1. The summed E-state index contributed by atoms with van der Waals surface area (Å²) in [5.41, 5.74) is 3.80. The number of aryl methyl sites for hydroxylation is 2. The van der Waals surface area contributed by atoms with Crippen molar-refractivity contribution in [2.24, 2.45) is 7.05 Å². The number of hydrogen-bond acceptors (Lipinski definition) is 3. The van der Waals surface area contributed by atoms with Gasteiger partial charge in [0, 0.05) is 19.4 Å². The Labute approximate surface area is 115 Å². The molecular formula is C13H14ClN5. The first-order valence-electron chi connectivity index (χ1n) is 6.03. The van der Waals surface area contributed by atoms with Gasteiger partial charge in [-0.15, -0.1) is 11.6 Å². The van der Waals surface area contributed by atoms with Gasteiger partial charge in [0.15, 0.2) is 5.65 Å². The zero-order valence-corrected chi connectivity index (χ0v) is 11.6. The molecule has 0 aliphatic rings. The van der Waals surface area contributed by atoms with Crippen molar-refractivity contribution in [1.82, 2.24) is 24.3 Å². The Hall–Kier alpha value is -1.88. The molecule has 0 atom stereocenters. The molecule has 3 aromatic rings. The number of rotatable bonds is 3. The second-order valence-electron chi connectivity index (χ2n) is 4.58. The van der Waals surface area contributed by atoms with Gasteiger partial charge in [0.25, 0.3) is 0 Å². The third kappa shape index (κ3) is 2.21. The molecule has 0 amide bonds. The number of hydrogen-bond donors (Lipinski definition) is 0. The average molecular weight is 276 g/mol. The van der Waals surface area contributed by atoms with Crippen LogP contribution in [0.3, 0.4) is 0 Å². The Balaban J connectivity index is 2.10. The molecule has 3 rings (SSSR count). The topological polar surface area (TPSA) is 48.5 Å². The van der Waals surface area contributed by atoms with Crippen LogP contribution in [0.2, 0.25) is 0 Å². The van der Waals surface area contributed by atoms with E-state index in [4.69, 9.17) is 11.6 Å². The molecule has 0 spiro atoms. The van der Waals surface area contributed by atoms with Crippen molar-refractivity contribution in [2.45, 2.75) is 19.3 Å². The van der Waals surface area contributed by atoms with E-state index in [1.54, 1.807) is 4.68 Å². The Morgan fingerprint density at radius 1 is 1.37 bits per heavy atom. The Morgan fingerprint density at radius 2 is 2.21 bits per heavy atom. The molecular weight excluding hydrogens is 262 g/mol. The van der Waals surface area contributed by atoms with Crippen LogP contribution < -0.4 is 0 Å². The summed E-state index contributed by atoms with van der Waals surface area (Å²) in [5.74, 6) is 1.18. The predicted octanol–water partition coefficient (Wildman–Crippen LogP) is 2.26. The van der Waals surface area contributed by atoms with Crippen LogP contribution in [0.4, 0.5) is 0 Å².